The molecule has 0 radical (unpaired) electrons. The molecular formula is C13H11F2NO2S. The molecule has 0 aliphatic rings. The molecule has 1 aromatic heterocycles. The number of nitrogens with one attached hydrogen (secondary N) is 1. The van der Waals surface area contributed by atoms with Crippen LogP contribution in [0.4, 0.5) is 14.5 Å². The first-order valence-electron chi connectivity index (χ1n) is 5.49. The van der Waals surface area contributed by atoms with Gasteiger partial charge < -0.3 is 10.4 Å². The van der Waals surface area contributed by atoms with Crippen LogP contribution in [0.2, 0.25) is 0 Å². The maximum absolute atomic E-state index is 13.4. The van der Waals surface area contributed by atoms with E-state index in [1.165, 1.54) is 18.2 Å². The molecule has 2 rings (SSSR count). The van der Waals surface area contributed by atoms with E-state index in [4.69, 9.17) is 5.11 Å². The fourth-order valence-electron chi connectivity index (χ4n) is 1.63. The third-order valence-corrected chi connectivity index (χ3v) is 3.73. The number of thiophene rings is 1. The zero-order chi connectivity index (χ0) is 14.0. The van der Waals surface area contributed by atoms with Gasteiger partial charge in [0.05, 0.1) is 5.69 Å². The molecule has 0 aliphatic heterocycles. The number of carboxylic acid groups (broad SMARTS) is 1. The van der Waals surface area contributed by atoms with E-state index in [1.807, 2.05) is 0 Å². The second kappa shape index (κ2) is 5.36. The summed E-state index contributed by atoms with van der Waals surface area (Å²) in [5.41, 5.74) is 0.813. The van der Waals surface area contributed by atoms with Crippen molar-refractivity contribution in [1.82, 2.24) is 0 Å². The standard InChI is InChI=1S/C13H11F2NO2S/c1-7-8(5-11(19-7)13(17)18)6-16-10-4-2-3-9(14)12(10)15/h2-5,16H,6H2,1H3,(H,17,18). The van der Waals surface area contributed by atoms with E-state index in [9.17, 15) is 13.6 Å². The molecule has 2 N–H and O–H groups in total. The van der Waals surface area contributed by atoms with Gasteiger partial charge in [-0.05, 0) is 30.7 Å². The van der Waals surface area contributed by atoms with Crippen LogP contribution in [-0.4, -0.2) is 11.1 Å². The molecule has 2 aromatic rings. The van der Waals surface area contributed by atoms with Crippen molar-refractivity contribution in [1.29, 1.82) is 0 Å². The number of carboxylic acids is 1. The van der Waals surface area contributed by atoms with Gasteiger partial charge in [-0.3, -0.25) is 0 Å². The highest BCUT2D eigenvalue weighted by Crippen LogP contribution is 2.23. The van der Waals surface area contributed by atoms with E-state index in [0.29, 0.717) is 0 Å². The van der Waals surface area contributed by atoms with Gasteiger partial charge in [0.1, 0.15) is 4.88 Å². The van der Waals surface area contributed by atoms with Crippen LogP contribution in [0.15, 0.2) is 24.3 Å². The van der Waals surface area contributed by atoms with Gasteiger partial charge in [-0.25, -0.2) is 13.6 Å². The summed E-state index contributed by atoms with van der Waals surface area (Å²) in [6.45, 7) is 2.03. The third-order valence-electron chi connectivity index (χ3n) is 2.65. The molecule has 0 fully saturated rings. The molecular weight excluding hydrogens is 272 g/mol. The number of hydrogen-bond donors (Lipinski definition) is 2. The van der Waals surface area contributed by atoms with Crippen molar-refractivity contribution in [3.8, 4) is 0 Å². The summed E-state index contributed by atoms with van der Waals surface area (Å²) in [5.74, 6) is -2.84. The number of anilines is 1. The van der Waals surface area contributed by atoms with Gasteiger partial charge in [-0.2, -0.15) is 0 Å². The van der Waals surface area contributed by atoms with E-state index in [2.05, 4.69) is 5.32 Å². The minimum Gasteiger partial charge on any atom is -0.477 e. The second-order valence-electron chi connectivity index (χ2n) is 3.95. The normalized spacial score (nSPS) is 10.5. The Morgan fingerprint density at radius 3 is 2.79 bits per heavy atom. The number of aryl methyl sites for hydroxylation is 1. The molecule has 0 aliphatic carbocycles. The van der Waals surface area contributed by atoms with Crippen LogP contribution in [-0.2, 0) is 6.54 Å². The van der Waals surface area contributed by atoms with Crippen molar-refractivity contribution in [2.24, 2.45) is 0 Å². The van der Waals surface area contributed by atoms with Gasteiger partial charge in [0, 0.05) is 11.4 Å². The molecule has 0 bridgehead atoms. The Morgan fingerprint density at radius 2 is 2.16 bits per heavy atom. The Morgan fingerprint density at radius 1 is 1.42 bits per heavy atom. The number of benzene rings is 1. The van der Waals surface area contributed by atoms with E-state index < -0.39 is 17.6 Å². The highest BCUT2D eigenvalue weighted by Gasteiger charge is 2.12. The number of carbonyl (C=O) groups is 1. The smallest absolute Gasteiger partial charge is 0.345 e. The first-order valence-corrected chi connectivity index (χ1v) is 6.31. The van der Waals surface area contributed by atoms with Crippen molar-refractivity contribution in [2.45, 2.75) is 13.5 Å². The lowest BCUT2D eigenvalue weighted by Crippen LogP contribution is -2.02. The molecule has 6 heteroatoms. The Hall–Kier alpha value is -1.95. The average Bonchev–Trinajstić information content (AvgIpc) is 2.73. The molecule has 0 saturated carbocycles. The Balaban J connectivity index is 2.14. The van der Waals surface area contributed by atoms with Crippen LogP contribution < -0.4 is 5.32 Å². The number of hydrogen-bond acceptors (Lipinski definition) is 3. The monoisotopic (exact) mass is 283 g/mol. The van der Waals surface area contributed by atoms with Crippen LogP contribution >= 0.6 is 11.3 Å². The number of halogens is 2. The lowest BCUT2D eigenvalue weighted by molar-refractivity contribution is 0.0702. The zero-order valence-corrected chi connectivity index (χ0v) is 10.9. The third kappa shape index (κ3) is 2.90. The lowest BCUT2D eigenvalue weighted by atomic mass is 10.2. The van der Waals surface area contributed by atoms with Gasteiger partial charge in [0.15, 0.2) is 11.6 Å². The number of aromatic carboxylic acids is 1. The molecule has 0 saturated heterocycles. The first kappa shape index (κ1) is 13.5. The summed E-state index contributed by atoms with van der Waals surface area (Å²) >= 11 is 1.16. The van der Waals surface area contributed by atoms with Crippen molar-refractivity contribution in [2.75, 3.05) is 5.32 Å². The fourth-order valence-corrected chi connectivity index (χ4v) is 2.51. The van der Waals surface area contributed by atoms with Gasteiger partial charge in [-0.15, -0.1) is 11.3 Å². The molecule has 0 spiro atoms. The summed E-state index contributed by atoms with van der Waals surface area (Å²) < 4.78 is 26.4. The molecule has 1 aromatic carbocycles. The molecule has 0 unspecified atom stereocenters. The first-order chi connectivity index (χ1) is 8.99. The Labute approximate surface area is 112 Å². The maximum atomic E-state index is 13.4. The largest absolute Gasteiger partial charge is 0.477 e. The fraction of sp³-hybridized carbons (Fsp3) is 0.154. The lowest BCUT2D eigenvalue weighted by Gasteiger charge is -2.07. The Bertz CT molecular complexity index is 625. The SMILES string of the molecule is Cc1sc(C(=O)O)cc1CNc1cccc(F)c1F. The van der Waals surface area contributed by atoms with Crippen molar-refractivity contribution in [3.63, 3.8) is 0 Å². The van der Waals surface area contributed by atoms with Crippen LogP contribution in [0.1, 0.15) is 20.1 Å². The molecule has 100 valence electrons. The summed E-state index contributed by atoms with van der Waals surface area (Å²) in [5, 5.41) is 11.6. The second-order valence-corrected chi connectivity index (χ2v) is 5.21. The van der Waals surface area contributed by atoms with E-state index in [1.54, 1.807) is 6.92 Å². The summed E-state index contributed by atoms with van der Waals surface area (Å²) in [6.07, 6.45) is 0. The van der Waals surface area contributed by atoms with Gasteiger partial charge in [-0.1, -0.05) is 6.07 Å². The molecule has 0 atom stereocenters. The van der Waals surface area contributed by atoms with Crippen LogP contribution in [0.5, 0.6) is 0 Å². The zero-order valence-electron chi connectivity index (χ0n) is 10.0. The van der Waals surface area contributed by atoms with E-state index in [-0.39, 0.29) is 17.1 Å². The van der Waals surface area contributed by atoms with Crippen molar-refractivity contribution >= 4 is 23.0 Å². The summed E-state index contributed by atoms with van der Waals surface area (Å²) in [4.78, 5) is 11.9. The van der Waals surface area contributed by atoms with Crippen LogP contribution in [0, 0.1) is 18.6 Å². The summed E-state index contributed by atoms with van der Waals surface area (Å²) in [7, 11) is 0. The average molecular weight is 283 g/mol. The van der Waals surface area contributed by atoms with Gasteiger partial charge in [0.2, 0.25) is 0 Å². The van der Waals surface area contributed by atoms with Crippen molar-refractivity contribution in [3.05, 3.63) is 51.2 Å². The number of rotatable bonds is 4. The van der Waals surface area contributed by atoms with Gasteiger partial charge in [0.25, 0.3) is 0 Å². The minimum absolute atomic E-state index is 0.0578. The van der Waals surface area contributed by atoms with Gasteiger partial charge >= 0.3 is 5.97 Å². The highest BCUT2D eigenvalue weighted by atomic mass is 32.1. The topological polar surface area (TPSA) is 49.3 Å². The predicted molar refractivity (Wildman–Crippen MR) is 69.7 cm³/mol. The molecule has 1 heterocycles. The minimum atomic E-state index is -0.990. The van der Waals surface area contributed by atoms with E-state index >= 15 is 0 Å². The Kier molecular flexibility index (Phi) is 3.80. The van der Waals surface area contributed by atoms with Crippen LogP contribution in [0.25, 0.3) is 0 Å². The van der Waals surface area contributed by atoms with Crippen LogP contribution in [0.3, 0.4) is 0 Å². The molecule has 3 nitrogen and oxygen atoms in total. The highest BCUT2D eigenvalue weighted by molar-refractivity contribution is 7.14. The maximum Gasteiger partial charge on any atom is 0.345 e. The van der Waals surface area contributed by atoms with Crippen molar-refractivity contribution < 1.29 is 18.7 Å². The molecule has 0 amide bonds. The molecule has 19 heavy (non-hydrogen) atoms. The van der Waals surface area contributed by atoms with E-state index in [0.717, 1.165) is 27.8 Å². The summed E-state index contributed by atoms with van der Waals surface area (Å²) in [6, 6.07) is 5.41. The predicted octanol–water partition coefficient (Wildman–Crippen LogP) is 3.65. The quantitative estimate of drug-likeness (QED) is 0.900.